The average Bonchev–Trinajstić information content (AvgIpc) is 3.06. The summed E-state index contributed by atoms with van der Waals surface area (Å²) in [6, 6.07) is 17.8. The van der Waals surface area contributed by atoms with E-state index in [-0.39, 0.29) is 16.8 Å². The number of fused-ring (bicyclic) bond motifs is 1. The van der Waals surface area contributed by atoms with E-state index in [1.54, 1.807) is 42.5 Å². The molecule has 0 saturated heterocycles. The van der Waals surface area contributed by atoms with Crippen molar-refractivity contribution in [1.29, 1.82) is 0 Å². The highest BCUT2D eigenvalue weighted by atomic mass is 32.2. The average molecular weight is 435 g/mol. The maximum absolute atomic E-state index is 13.3. The number of nitrogens with zero attached hydrogens (tertiary/aromatic N) is 1. The van der Waals surface area contributed by atoms with Gasteiger partial charge in [-0.1, -0.05) is 35.9 Å². The predicted molar refractivity (Wildman–Crippen MR) is 124 cm³/mol. The van der Waals surface area contributed by atoms with Gasteiger partial charge in [-0.3, -0.25) is 9.10 Å². The topological polar surface area (TPSA) is 66.5 Å². The minimum absolute atomic E-state index is 0.201. The van der Waals surface area contributed by atoms with Gasteiger partial charge in [0.15, 0.2) is 0 Å². The molecular formula is C25H26N2O3S. The van der Waals surface area contributed by atoms with Crippen LogP contribution in [0.2, 0.25) is 0 Å². The van der Waals surface area contributed by atoms with Crippen LogP contribution in [0.1, 0.15) is 39.5 Å². The van der Waals surface area contributed by atoms with Crippen molar-refractivity contribution in [2.45, 2.75) is 45.1 Å². The lowest BCUT2D eigenvalue weighted by Crippen LogP contribution is -2.35. The first kappa shape index (κ1) is 21.1. The number of nitrogens with one attached hydrogen (secondary N) is 1. The molecule has 0 radical (unpaired) electrons. The van der Waals surface area contributed by atoms with E-state index in [2.05, 4.69) is 5.32 Å². The summed E-state index contributed by atoms with van der Waals surface area (Å²) in [5.74, 6) is -0.201. The summed E-state index contributed by atoms with van der Waals surface area (Å²) in [6.45, 7) is 7.74. The van der Waals surface area contributed by atoms with Crippen LogP contribution in [0.25, 0.3) is 0 Å². The third-order valence-electron chi connectivity index (χ3n) is 5.79. The van der Waals surface area contributed by atoms with Crippen LogP contribution in [-0.4, -0.2) is 20.4 Å². The van der Waals surface area contributed by atoms with Crippen LogP contribution in [0.15, 0.2) is 65.6 Å². The molecule has 6 heteroatoms. The Balaban J connectivity index is 1.65. The highest BCUT2D eigenvalue weighted by Gasteiger charge is 2.36. The van der Waals surface area contributed by atoms with Crippen molar-refractivity contribution in [3.05, 3.63) is 88.5 Å². The van der Waals surface area contributed by atoms with Gasteiger partial charge in [-0.25, -0.2) is 8.42 Å². The molecule has 1 atom stereocenters. The molecule has 0 saturated carbocycles. The molecule has 1 amide bonds. The lowest BCUT2D eigenvalue weighted by Gasteiger charge is -2.24. The minimum atomic E-state index is -3.68. The van der Waals surface area contributed by atoms with Crippen molar-refractivity contribution in [2.24, 2.45) is 0 Å². The molecule has 0 unspecified atom stereocenters. The Hall–Kier alpha value is -3.12. The molecule has 1 aliphatic rings. The second kappa shape index (κ2) is 7.85. The molecule has 1 aliphatic heterocycles. The summed E-state index contributed by atoms with van der Waals surface area (Å²) in [4.78, 5) is 13.2. The van der Waals surface area contributed by atoms with Crippen LogP contribution in [0.3, 0.4) is 0 Å². The zero-order valence-corrected chi connectivity index (χ0v) is 19.0. The number of aryl methyl sites for hydroxylation is 3. The minimum Gasteiger partial charge on any atom is -0.322 e. The predicted octanol–water partition coefficient (Wildman–Crippen LogP) is 5.00. The van der Waals surface area contributed by atoms with Gasteiger partial charge in [0.25, 0.3) is 15.9 Å². The molecule has 4 rings (SSSR count). The zero-order valence-electron chi connectivity index (χ0n) is 18.1. The van der Waals surface area contributed by atoms with Crippen molar-refractivity contribution >= 4 is 27.3 Å². The quantitative estimate of drug-likeness (QED) is 0.628. The molecule has 0 bridgehead atoms. The maximum Gasteiger partial charge on any atom is 0.264 e. The summed E-state index contributed by atoms with van der Waals surface area (Å²) >= 11 is 0. The summed E-state index contributed by atoms with van der Waals surface area (Å²) in [7, 11) is -3.68. The molecule has 3 aromatic carbocycles. The van der Waals surface area contributed by atoms with Gasteiger partial charge in [-0.2, -0.15) is 0 Å². The number of benzene rings is 3. The third-order valence-corrected chi connectivity index (χ3v) is 7.73. The molecule has 3 aromatic rings. The fourth-order valence-electron chi connectivity index (χ4n) is 4.13. The SMILES string of the molecule is Cc1ccc(S(=O)(=O)N2c3ccc(C(=O)Nc4c(C)cccc4C)cc3C[C@@H]2C)cc1. The normalized spacial score (nSPS) is 15.6. The highest BCUT2D eigenvalue weighted by Crippen LogP contribution is 2.37. The third kappa shape index (κ3) is 3.83. The zero-order chi connectivity index (χ0) is 22.3. The van der Waals surface area contributed by atoms with Crippen molar-refractivity contribution in [1.82, 2.24) is 0 Å². The van der Waals surface area contributed by atoms with Crippen LogP contribution in [0, 0.1) is 20.8 Å². The Morgan fingerprint density at radius 3 is 2.26 bits per heavy atom. The van der Waals surface area contributed by atoms with E-state index in [1.165, 1.54) is 4.31 Å². The fraction of sp³-hybridized carbons (Fsp3) is 0.240. The fourth-order valence-corrected chi connectivity index (χ4v) is 5.82. The monoisotopic (exact) mass is 434 g/mol. The first-order valence-corrected chi connectivity index (χ1v) is 11.7. The van der Waals surface area contributed by atoms with E-state index in [4.69, 9.17) is 0 Å². The van der Waals surface area contributed by atoms with Crippen LogP contribution in [-0.2, 0) is 16.4 Å². The number of anilines is 2. The summed E-state index contributed by atoms with van der Waals surface area (Å²) in [5, 5.41) is 3.00. The highest BCUT2D eigenvalue weighted by molar-refractivity contribution is 7.92. The van der Waals surface area contributed by atoms with E-state index in [0.717, 1.165) is 27.9 Å². The van der Waals surface area contributed by atoms with E-state index in [0.29, 0.717) is 17.7 Å². The number of hydrogen-bond acceptors (Lipinski definition) is 3. The number of amides is 1. The van der Waals surface area contributed by atoms with Crippen LogP contribution >= 0.6 is 0 Å². The molecule has 1 heterocycles. The Labute approximate surface area is 183 Å². The molecule has 0 fully saturated rings. The van der Waals surface area contributed by atoms with E-state index < -0.39 is 10.0 Å². The Kier molecular flexibility index (Phi) is 5.35. The summed E-state index contributed by atoms with van der Waals surface area (Å²) in [5.41, 5.74) is 5.83. The maximum atomic E-state index is 13.3. The lowest BCUT2D eigenvalue weighted by molar-refractivity contribution is 0.102. The Bertz CT molecular complexity index is 1240. The smallest absolute Gasteiger partial charge is 0.264 e. The van der Waals surface area contributed by atoms with Crippen LogP contribution in [0.5, 0.6) is 0 Å². The molecular weight excluding hydrogens is 408 g/mol. The number of carbonyl (C=O) groups excluding carboxylic acids is 1. The number of carbonyl (C=O) groups is 1. The van der Waals surface area contributed by atoms with Gasteiger partial charge in [-0.05, 0) is 81.1 Å². The van der Waals surface area contributed by atoms with Gasteiger partial charge in [0.05, 0.1) is 10.6 Å². The first-order valence-electron chi connectivity index (χ1n) is 10.3. The van der Waals surface area contributed by atoms with Gasteiger partial charge in [-0.15, -0.1) is 0 Å². The molecule has 0 aromatic heterocycles. The van der Waals surface area contributed by atoms with Gasteiger partial charge < -0.3 is 5.32 Å². The Morgan fingerprint density at radius 1 is 0.968 bits per heavy atom. The number of rotatable bonds is 4. The standard InChI is InChI=1S/C25H26N2O3S/c1-16-8-11-22(12-9-16)31(29,30)27-19(4)14-21-15-20(10-13-23(21)27)25(28)26-24-17(2)6-5-7-18(24)3/h5-13,15,19H,14H2,1-4H3,(H,26,28)/t19-/m0/s1. The van der Waals surface area contributed by atoms with Gasteiger partial charge in [0, 0.05) is 17.3 Å². The van der Waals surface area contributed by atoms with E-state index in [1.807, 2.05) is 45.9 Å². The second-order valence-corrected chi connectivity index (χ2v) is 10.0. The molecule has 5 nitrogen and oxygen atoms in total. The summed E-state index contributed by atoms with van der Waals surface area (Å²) in [6.07, 6.45) is 0.560. The van der Waals surface area contributed by atoms with Gasteiger partial charge in [0.2, 0.25) is 0 Å². The molecule has 160 valence electrons. The first-order chi connectivity index (χ1) is 14.7. The Morgan fingerprint density at radius 2 is 1.61 bits per heavy atom. The van der Waals surface area contributed by atoms with Gasteiger partial charge in [0.1, 0.15) is 0 Å². The lowest BCUT2D eigenvalue weighted by atomic mass is 10.1. The number of hydrogen-bond donors (Lipinski definition) is 1. The summed E-state index contributed by atoms with van der Waals surface area (Å²) < 4.78 is 28.1. The van der Waals surface area contributed by atoms with Crippen molar-refractivity contribution in [3.8, 4) is 0 Å². The van der Waals surface area contributed by atoms with Crippen LogP contribution in [0.4, 0.5) is 11.4 Å². The van der Waals surface area contributed by atoms with Crippen molar-refractivity contribution in [2.75, 3.05) is 9.62 Å². The van der Waals surface area contributed by atoms with E-state index >= 15 is 0 Å². The van der Waals surface area contributed by atoms with Gasteiger partial charge >= 0.3 is 0 Å². The van der Waals surface area contributed by atoms with Crippen LogP contribution < -0.4 is 9.62 Å². The number of para-hydroxylation sites is 1. The molecule has 31 heavy (non-hydrogen) atoms. The van der Waals surface area contributed by atoms with Crippen molar-refractivity contribution < 1.29 is 13.2 Å². The van der Waals surface area contributed by atoms with Crippen molar-refractivity contribution in [3.63, 3.8) is 0 Å². The van der Waals surface area contributed by atoms with E-state index in [9.17, 15) is 13.2 Å². The molecule has 0 aliphatic carbocycles. The largest absolute Gasteiger partial charge is 0.322 e. The number of sulfonamides is 1. The second-order valence-electron chi connectivity index (χ2n) is 8.23. The molecule has 1 N–H and O–H groups in total. The molecule has 0 spiro atoms.